The Kier molecular flexibility index (Phi) is 2.07. The van der Waals surface area contributed by atoms with Crippen molar-refractivity contribution in [3.63, 3.8) is 0 Å². The molecule has 0 radical (unpaired) electrons. The Morgan fingerprint density at radius 2 is 2.45 bits per heavy atom. The number of imidazole rings is 1. The van der Waals surface area contributed by atoms with E-state index in [0.717, 1.165) is 0 Å². The van der Waals surface area contributed by atoms with Gasteiger partial charge in [0, 0.05) is 19.4 Å². The Bertz CT molecular complexity index is 327. The van der Waals surface area contributed by atoms with Crippen LogP contribution in [0, 0.1) is 11.8 Å². The van der Waals surface area contributed by atoms with Crippen LogP contribution in [0.1, 0.15) is 17.5 Å². The number of aromatic nitrogens is 2. The van der Waals surface area contributed by atoms with Gasteiger partial charge in [0.15, 0.2) is 5.82 Å². The van der Waals surface area contributed by atoms with E-state index in [1.165, 1.54) is 0 Å². The third-order valence-electron chi connectivity index (χ3n) is 1.26. The van der Waals surface area contributed by atoms with Crippen LogP contribution < -0.4 is 0 Å². The van der Waals surface area contributed by atoms with Crippen molar-refractivity contribution in [2.24, 2.45) is 7.05 Å². The Labute approximate surface area is 65.1 Å². The summed E-state index contributed by atoms with van der Waals surface area (Å²) < 4.78 is 1.65. The second-order valence-electron chi connectivity index (χ2n) is 2.07. The zero-order chi connectivity index (χ0) is 8.27. The van der Waals surface area contributed by atoms with Crippen LogP contribution in [-0.4, -0.2) is 15.3 Å². The van der Waals surface area contributed by atoms with Crippen molar-refractivity contribution >= 4 is 5.78 Å². The van der Waals surface area contributed by atoms with Gasteiger partial charge in [0.2, 0.25) is 0 Å². The Morgan fingerprint density at radius 1 is 1.73 bits per heavy atom. The molecule has 0 saturated heterocycles. The zero-order valence-corrected chi connectivity index (χ0v) is 6.46. The van der Waals surface area contributed by atoms with Gasteiger partial charge in [0.05, 0.1) is 0 Å². The molecule has 1 aromatic rings. The van der Waals surface area contributed by atoms with Crippen molar-refractivity contribution in [2.45, 2.75) is 6.92 Å². The van der Waals surface area contributed by atoms with Crippen LogP contribution in [0.4, 0.5) is 0 Å². The summed E-state index contributed by atoms with van der Waals surface area (Å²) in [4.78, 5) is 14.9. The van der Waals surface area contributed by atoms with Crippen molar-refractivity contribution in [1.82, 2.24) is 9.55 Å². The highest BCUT2D eigenvalue weighted by Crippen LogP contribution is 1.93. The predicted octanol–water partition coefficient (Wildman–Crippen LogP) is 0.626. The highest BCUT2D eigenvalue weighted by atomic mass is 16.1. The molecule has 3 heteroatoms. The van der Waals surface area contributed by atoms with E-state index in [9.17, 15) is 4.79 Å². The maximum Gasteiger partial charge on any atom is 0.271 e. The molecule has 0 amide bonds. The van der Waals surface area contributed by atoms with Gasteiger partial charge in [-0.2, -0.15) is 0 Å². The summed E-state index contributed by atoms with van der Waals surface area (Å²) in [5.74, 6) is 5.10. The van der Waals surface area contributed by atoms with E-state index in [4.69, 9.17) is 0 Å². The molecular formula is C8H8N2O. The number of ketones is 1. The SMILES string of the molecule is CC#CC(=O)c1nccn1C. The summed E-state index contributed by atoms with van der Waals surface area (Å²) in [6.07, 6.45) is 3.29. The highest BCUT2D eigenvalue weighted by Gasteiger charge is 2.05. The van der Waals surface area contributed by atoms with Crippen molar-refractivity contribution in [1.29, 1.82) is 0 Å². The van der Waals surface area contributed by atoms with E-state index < -0.39 is 0 Å². The van der Waals surface area contributed by atoms with Crippen LogP contribution in [0.25, 0.3) is 0 Å². The highest BCUT2D eigenvalue weighted by molar-refractivity contribution is 6.06. The van der Waals surface area contributed by atoms with E-state index in [2.05, 4.69) is 16.8 Å². The van der Waals surface area contributed by atoms with Gasteiger partial charge < -0.3 is 4.57 Å². The molecule has 0 atom stereocenters. The number of nitrogens with zero attached hydrogens (tertiary/aromatic N) is 2. The van der Waals surface area contributed by atoms with Gasteiger partial charge in [-0.05, 0) is 12.8 Å². The predicted molar refractivity (Wildman–Crippen MR) is 41.0 cm³/mol. The smallest absolute Gasteiger partial charge is 0.271 e. The molecule has 0 fully saturated rings. The maximum atomic E-state index is 11.1. The number of carbonyl (C=O) groups excluding carboxylic acids is 1. The van der Waals surface area contributed by atoms with Gasteiger partial charge in [-0.1, -0.05) is 5.92 Å². The first-order valence-corrected chi connectivity index (χ1v) is 3.20. The molecule has 0 aromatic carbocycles. The van der Waals surface area contributed by atoms with Crippen LogP contribution in [0.15, 0.2) is 12.4 Å². The quantitative estimate of drug-likeness (QED) is 0.332. The van der Waals surface area contributed by atoms with Gasteiger partial charge in [-0.3, -0.25) is 4.79 Å². The molecule has 1 rings (SSSR count). The third kappa shape index (κ3) is 1.47. The molecule has 0 saturated carbocycles. The zero-order valence-electron chi connectivity index (χ0n) is 6.46. The molecule has 56 valence electrons. The fourth-order valence-corrected chi connectivity index (χ4v) is 0.754. The molecule has 0 N–H and O–H groups in total. The second kappa shape index (κ2) is 3.02. The van der Waals surface area contributed by atoms with Crippen molar-refractivity contribution in [3.8, 4) is 11.8 Å². The van der Waals surface area contributed by atoms with Crippen LogP contribution >= 0.6 is 0 Å². The lowest BCUT2D eigenvalue weighted by molar-refractivity contribution is 0.104. The third-order valence-corrected chi connectivity index (χ3v) is 1.26. The van der Waals surface area contributed by atoms with Crippen LogP contribution in [-0.2, 0) is 7.05 Å². The minimum Gasteiger partial charge on any atom is -0.331 e. The Morgan fingerprint density at radius 3 is 2.91 bits per heavy atom. The minimum absolute atomic E-state index is 0.236. The van der Waals surface area contributed by atoms with E-state index in [1.807, 2.05) is 0 Å². The van der Waals surface area contributed by atoms with Gasteiger partial charge in [0.1, 0.15) is 0 Å². The van der Waals surface area contributed by atoms with Gasteiger partial charge in [-0.15, -0.1) is 0 Å². The van der Waals surface area contributed by atoms with E-state index in [-0.39, 0.29) is 5.78 Å². The summed E-state index contributed by atoms with van der Waals surface area (Å²) in [5.41, 5.74) is 0. The number of rotatable bonds is 1. The molecule has 1 aromatic heterocycles. The monoisotopic (exact) mass is 148 g/mol. The van der Waals surface area contributed by atoms with Gasteiger partial charge >= 0.3 is 0 Å². The van der Waals surface area contributed by atoms with Crippen molar-refractivity contribution < 1.29 is 4.79 Å². The largest absolute Gasteiger partial charge is 0.331 e. The average Bonchev–Trinajstić information content (AvgIpc) is 2.36. The molecule has 1 heterocycles. The summed E-state index contributed by atoms with van der Waals surface area (Å²) in [7, 11) is 1.76. The second-order valence-corrected chi connectivity index (χ2v) is 2.07. The normalized spacial score (nSPS) is 8.55. The summed E-state index contributed by atoms with van der Waals surface area (Å²) >= 11 is 0. The number of aryl methyl sites for hydroxylation is 1. The number of hydrogen-bond donors (Lipinski definition) is 0. The molecular weight excluding hydrogens is 140 g/mol. The maximum absolute atomic E-state index is 11.1. The van der Waals surface area contributed by atoms with Crippen LogP contribution in [0.2, 0.25) is 0 Å². The first-order chi connectivity index (χ1) is 5.25. The summed E-state index contributed by atoms with van der Waals surface area (Å²) in [6.45, 7) is 1.63. The molecule has 11 heavy (non-hydrogen) atoms. The number of carbonyl (C=O) groups is 1. The van der Waals surface area contributed by atoms with E-state index in [0.29, 0.717) is 5.82 Å². The first kappa shape index (κ1) is 7.55. The lowest BCUT2D eigenvalue weighted by Gasteiger charge is -1.91. The average molecular weight is 148 g/mol. The molecule has 0 unspecified atom stereocenters. The number of hydrogen-bond acceptors (Lipinski definition) is 2. The van der Waals surface area contributed by atoms with E-state index >= 15 is 0 Å². The molecule has 3 nitrogen and oxygen atoms in total. The molecule has 0 aliphatic rings. The van der Waals surface area contributed by atoms with Crippen molar-refractivity contribution in [2.75, 3.05) is 0 Å². The summed E-state index contributed by atoms with van der Waals surface area (Å²) in [5, 5.41) is 0. The topological polar surface area (TPSA) is 34.9 Å². The Hall–Kier alpha value is -1.56. The molecule has 0 bridgehead atoms. The molecule has 0 aliphatic carbocycles. The lowest BCUT2D eigenvalue weighted by atomic mass is 10.4. The lowest BCUT2D eigenvalue weighted by Crippen LogP contribution is -2.04. The van der Waals surface area contributed by atoms with Crippen LogP contribution in [0.3, 0.4) is 0 Å². The standard InChI is InChI=1S/C8H8N2O/c1-3-4-7(11)8-9-5-6-10(8)2/h5-6H,1-2H3. The van der Waals surface area contributed by atoms with Crippen molar-refractivity contribution in [3.05, 3.63) is 18.2 Å². The van der Waals surface area contributed by atoms with Gasteiger partial charge in [-0.25, -0.2) is 4.98 Å². The summed E-state index contributed by atoms with van der Waals surface area (Å²) in [6, 6.07) is 0. The first-order valence-electron chi connectivity index (χ1n) is 3.20. The van der Waals surface area contributed by atoms with Gasteiger partial charge in [0.25, 0.3) is 5.78 Å². The molecule has 0 aliphatic heterocycles. The fraction of sp³-hybridized carbons (Fsp3) is 0.250. The Balaban J connectivity index is 2.99. The molecule has 0 spiro atoms. The number of Topliss-reactive ketones (excluding diaryl/α,β-unsaturated/α-hetero) is 1. The minimum atomic E-state index is -0.236. The fourth-order valence-electron chi connectivity index (χ4n) is 0.754. The van der Waals surface area contributed by atoms with Crippen LogP contribution in [0.5, 0.6) is 0 Å². The van der Waals surface area contributed by atoms with E-state index in [1.54, 1.807) is 30.9 Å².